The molecule has 0 unspecified atom stereocenters. The fourth-order valence-corrected chi connectivity index (χ4v) is 3.29. The highest BCUT2D eigenvalue weighted by Crippen LogP contribution is 2.24. The number of carbonyl (C=O) groups is 1. The summed E-state index contributed by atoms with van der Waals surface area (Å²) in [5.74, 6) is 0.792. The summed E-state index contributed by atoms with van der Waals surface area (Å²) in [4.78, 5) is 14.0. The molecule has 0 heterocycles. The van der Waals surface area contributed by atoms with E-state index in [1.54, 1.807) is 18.9 Å². The summed E-state index contributed by atoms with van der Waals surface area (Å²) in [6.45, 7) is 6.71. The average molecular weight is 367 g/mol. The van der Waals surface area contributed by atoms with E-state index in [1.165, 1.54) is 16.7 Å². The molecule has 0 aliphatic carbocycles. The van der Waals surface area contributed by atoms with E-state index in [1.807, 2.05) is 43.3 Å². The second kappa shape index (κ2) is 9.93. The van der Waals surface area contributed by atoms with Gasteiger partial charge in [-0.1, -0.05) is 48.5 Å². The number of methoxy groups -OCH3 is 1. The fraction of sp³-hybridized carbons (Fsp3) is 0.348. The molecule has 1 amide bonds. The van der Waals surface area contributed by atoms with Crippen molar-refractivity contribution in [3.63, 3.8) is 0 Å². The second-order valence-electron chi connectivity index (χ2n) is 6.80. The topological polar surface area (TPSA) is 55.6 Å². The SMILES string of the molecule is C/C=C(/C[C@@H](N)CN(Cc1ccccc1OC)C(C)=O)c1ccccc1C. The average Bonchev–Trinajstić information content (AvgIpc) is 2.66. The van der Waals surface area contributed by atoms with E-state index in [9.17, 15) is 4.79 Å². The number of hydrogen-bond donors (Lipinski definition) is 1. The maximum atomic E-state index is 12.2. The van der Waals surface area contributed by atoms with Crippen molar-refractivity contribution in [3.05, 3.63) is 71.3 Å². The van der Waals surface area contributed by atoms with Gasteiger partial charge in [0.05, 0.1) is 7.11 Å². The highest BCUT2D eigenvalue weighted by atomic mass is 16.5. The third-order valence-corrected chi connectivity index (χ3v) is 4.78. The smallest absolute Gasteiger partial charge is 0.219 e. The van der Waals surface area contributed by atoms with E-state index in [2.05, 4.69) is 25.1 Å². The van der Waals surface area contributed by atoms with Crippen LogP contribution >= 0.6 is 0 Å². The van der Waals surface area contributed by atoms with Gasteiger partial charge in [-0.2, -0.15) is 0 Å². The number of allylic oxidation sites excluding steroid dienone is 1. The summed E-state index contributed by atoms with van der Waals surface area (Å²) < 4.78 is 5.41. The van der Waals surface area contributed by atoms with Gasteiger partial charge in [0.15, 0.2) is 0 Å². The zero-order valence-corrected chi connectivity index (χ0v) is 16.7. The predicted molar refractivity (Wildman–Crippen MR) is 112 cm³/mol. The molecule has 2 aromatic rings. The Kier molecular flexibility index (Phi) is 7.62. The third kappa shape index (κ3) is 5.69. The van der Waals surface area contributed by atoms with E-state index < -0.39 is 0 Å². The number of aryl methyl sites for hydroxylation is 1. The number of carbonyl (C=O) groups excluding carboxylic acids is 1. The van der Waals surface area contributed by atoms with Crippen molar-refractivity contribution in [2.24, 2.45) is 5.73 Å². The number of ether oxygens (including phenoxy) is 1. The van der Waals surface area contributed by atoms with Gasteiger partial charge >= 0.3 is 0 Å². The molecule has 0 saturated carbocycles. The minimum atomic E-state index is -0.144. The Balaban J connectivity index is 2.09. The number of nitrogens with zero attached hydrogens (tertiary/aromatic N) is 1. The Morgan fingerprint density at radius 1 is 1.19 bits per heavy atom. The van der Waals surface area contributed by atoms with E-state index in [-0.39, 0.29) is 11.9 Å². The first-order chi connectivity index (χ1) is 13.0. The molecular formula is C23H30N2O2. The largest absolute Gasteiger partial charge is 0.496 e. The molecule has 0 aromatic heterocycles. The Morgan fingerprint density at radius 3 is 2.48 bits per heavy atom. The van der Waals surface area contributed by atoms with Crippen LogP contribution in [-0.4, -0.2) is 30.5 Å². The van der Waals surface area contributed by atoms with Crippen LogP contribution in [0.15, 0.2) is 54.6 Å². The number of hydrogen-bond acceptors (Lipinski definition) is 3. The van der Waals surface area contributed by atoms with Crippen molar-refractivity contribution >= 4 is 11.5 Å². The van der Waals surface area contributed by atoms with Crippen LogP contribution in [0.4, 0.5) is 0 Å². The van der Waals surface area contributed by atoms with Crippen LogP contribution < -0.4 is 10.5 Å². The highest BCUT2D eigenvalue weighted by molar-refractivity contribution is 5.73. The van der Waals surface area contributed by atoms with E-state index in [4.69, 9.17) is 10.5 Å². The van der Waals surface area contributed by atoms with Crippen molar-refractivity contribution in [1.29, 1.82) is 0 Å². The summed E-state index contributed by atoms with van der Waals surface area (Å²) in [6.07, 6.45) is 2.83. The Hall–Kier alpha value is -2.59. The number of rotatable bonds is 8. The molecule has 144 valence electrons. The molecule has 0 fully saturated rings. The second-order valence-corrected chi connectivity index (χ2v) is 6.80. The van der Waals surface area contributed by atoms with Gasteiger partial charge in [-0.25, -0.2) is 0 Å². The fourth-order valence-electron chi connectivity index (χ4n) is 3.29. The predicted octanol–water partition coefficient (Wildman–Crippen LogP) is 4.17. The first-order valence-electron chi connectivity index (χ1n) is 9.30. The number of amides is 1. The van der Waals surface area contributed by atoms with Gasteiger partial charge in [0.2, 0.25) is 5.91 Å². The van der Waals surface area contributed by atoms with Crippen molar-refractivity contribution in [2.45, 2.75) is 39.8 Å². The molecule has 0 aliphatic heterocycles. The quantitative estimate of drug-likeness (QED) is 0.763. The lowest BCUT2D eigenvalue weighted by atomic mass is 9.95. The monoisotopic (exact) mass is 366 g/mol. The molecule has 0 aliphatic rings. The van der Waals surface area contributed by atoms with E-state index in [0.29, 0.717) is 13.1 Å². The molecule has 2 rings (SSSR count). The van der Waals surface area contributed by atoms with Crippen LogP contribution in [0.3, 0.4) is 0 Å². The van der Waals surface area contributed by atoms with Crippen molar-refractivity contribution in [3.8, 4) is 5.75 Å². The summed E-state index contributed by atoms with van der Waals surface area (Å²) >= 11 is 0. The zero-order valence-electron chi connectivity index (χ0n) is 16.7. The van der Waals surface area contributed by atoms with Crippen LogP contribution in [0.25, 0.3) is 5.57 Å². The summed E-state index contributed by atoms with van der Waals surface area (Å²) in [5.41, 5.74) is 11.1. The Morgan fingerprint density at radius 2 is 1.85 bits per heavy atom. The van der Waals surface area contributed by atoms with Crippen molar-refractivity contribution in [1.82, 2.24) is 4.90 Å². The van der Waals surface area contributed by atoms with Gasteiger partial charge in [0, 0.05) is 31.6 Å². The molecule has 4 nitrogen and oxygen atoms in total. The minimum Gasteiger partial charge on any atom is -0.496 e. The van der Waals surface area contributed by atoms with Gasteiger partial charge in [-0.05, 0) is 43.0 Å². The van der Waals surface area contributed by atoms with E-state index >= 15 is 0 Å². The molecule has 2 N–H and O–H groups in total. The number of para-hydroxylation sites is 1. The Labute approximate surface area is 162 Å². The molecule has 0 saturated heterocycles. The lowest BCUT2D eigenvalue weighted by Gasteiger charge is -2.26. The summed E-state index contributed by atoms with van der Waals surface area (Å²) in [6, 6.07) is 15.9. The molecule has 0 spiro atoms. The van der Waals surface area contributed by atoms with Crippen LogP contribution in [0.2, 0.25) is 0 Å². The molecule has 1 atom stereocenters. The van der Waals surface area contributed by atoms with E-state index in [0.717, 1.165) is 17.7 Å². The molecule has 2 aromatic carbocycles. The lowest BCUT2D eigenvalue weighted by molar-refractivity contribution is -0.129. The van der Waals surface area contributed by atoms with Crippen LogP contribution in [0.5, 0.6) is 5.75 Å². The zero-order chi connectivity index (χ0) is 19.8. The standard InChI is InChI=1S/C23H30N2O2/c1-5-19(22-12-8-6-10-17(22)2)14-21(24)16-25(18(3)26)15-20-11-7-9-13-23(20)27-4/h5-13,21H,14-16,24H2,1-4H3/b19-5-/t21-/m1/s1. The first-order valence-corrected chi connectivity index (χ1v) is 9.30. The van der Waals surface area contributed by atoms with Crippen LogP contribution in [-0.2, 0) is 11.3 Å². The van der Waals surface area contributed by atoms with Gasteiger partial charge < -0.3 is 15.4 Å². The minimum absolute atomic E-state index is 0.00859. The third-order valence-electron chi connectivity index (χ3n) is 4.78. The number of nitrogens with two attached hydrogens (primary N) is 1. The molecule has 27 heavy (non-hydrogen) atoms. The summed E-state index contributed by atoms with van der Waals surface area (Å²) in [7, 11) is 1.64. The van der Waals surface area contributed by atoms with Gasteiger partial charge in [0.1, 0.15) is 5.75 Å². The summed E-state index contributed by atoms with van der Waals surface area (Å²) in [5, 5.41) is 0. The highest BCUT2D eigenvalue weighted by Gasteiger charge is 2.17. The lowest BCUT2D eigenvalue weighted by Crippen LogP contribution is -2.40. The molecular weight excluding hydrogens is 336 g/mol. The molecule has 4 heteroatoms. The molecule has 0 bridgehead atoms. The van der Waals surface area contributed by atoms with Crippen LogP contribution in [0.1, 0.15) is 37.0 Å². The van der Waals surface area contributed by atoms with Crippen LogP contribution in [0, 0.1) is 6.92 Å². The van der Waals surface area contributed by atoms with Crippen molar-refractivity contribution < 1.29 is 9.53 Å². The maximum Gasteiger partial charge on any atom is 0.219 e. The van der Waals surface area contributed by atoms with Gasteiger partial charge in [-0.15, -0.1) is 0 Å². The maximum absolute atomic E-state index is 12.2. The van der Waals surface area contributed by atoms with Gasteiger partial charge in [-0.3, -0.25) is 4.79 Å². The normalized spacial score (nSPS) is 12.6. The molecule has 0 radical (unpaired) electrons. The number of benzene rings is 2. The Bertz CT molecular complexity index is 798. The van der Waals surface area contributed by atoms with Crippen molar-refractivity contribution in [2.75, 3.05) is 13.7 Å². The first kappa shape index (κ1) is 20.7. The van der Waals surface area contributed by atoms with Gasteiger partial charge in [0.25, 0.3) is 0 Å².